The van der Waals surface area contributed by atoms with Gasteiger partial charge >= 0.3 is 30.1 Å². The third kappa shape index (κ3) is 22.4. The van der Waals surface area contributed by atoms with E-state index in [2.05, 4.69) is 27.5 Å². The summed E-state index contributed by atoms with van der Waals surface area (Å²) in [4.78, 5) is 57.1. The highest BCUT2D eigenvalue weighted by Gasteiger charge is 2.29. The summed E-state index contributed by atoms with van der Waals surface area (Å²) >= 11 is 0. The molecule has 0 saturated heterocycles. The van der Waals surface area contributed by atoms with Crippen molar-refractivity contribution < 1.29 is 57.6 Å². The monoisotopic (exact) mass is 614 g/mol. The van der Waals surface area contributed by atoms with E-state index in [0.717, 1.165) is 50.1 Å². The van der Waals surface area contributed by atoms with Crippen LogP contribution < -0.4 is 10.6 Å². The summed E-state index contributed by atoms with van der Waals surface area (Å²) in [6, 6.07) is 4.82. The molecular weight excluding hydrogens is 581 g/mol. The Labute approximate surface area is 244 Å². The average Bonchev–Trinajstić information content (AvgIpc) is 3.43. The normalized spacial score (nSPS) is 11.5. The lowest BCUT2D eigenvalue weighted by molar-refractivity contribution is -0.137. The van der Waals surface area contributed by atoms with Crippen LogP contribution in [0.1, 0.15) is 43.9 Å². The Bertz CT molecular complexity index is 1150. The molecule has 1 atom stereocenters. The zero-order chi connectivity index (χ0) is 32.8. The number of carboxylic acids is 4. The van der Waals surface area contributed by atoms with Crippen molar-refractivity contribution >= 4 is 35.5 Å². The third-order valence-corrected chi connectivity index (χ3v) is 4.97. The van der Waals surface area contributed by atoms with Gasteiger partial charge in [-0.1, -0.05) is 6.42 Å². The summed E-state index contributed by atoms with van der Waals surface area (Å²) < 4.78 is 37.5. The van der Waals surface area contributed by atoms with E-state index in [-0.39, 0.29) is 5.91 Å². The summed E-state index contributed by atoms with van der Waals surface area (Å²) in [5.41, 5.74) is 0.742. The highest BCUT2D eigenvalue weighted by atomic mass is 19.4. The predicted molar refractivity (Wildman–Crippen MR) is 147 cm³/mol. The van der Waals surface area contributed by atoms with Gasteiger partial charge in [0.15, 0.2) is 0 Å². The first-order chi connectivity index (χ1) is 20.1. The molecule has 0 aliphatic carbocycles. The Balaban J connectivity index is 0.000000903. The first kappa shape index (κ1) is 38.0. The highest BCUT2D eigenvalue weighted by molar-refractivity contribution is 5.91. The van der Waals surface area contributed by atoms with Gasteiger partial charge in [0.05, 0.1) is 11.9 Å². The van der Waals surface area contributed by atoms with Gasteiger partial charge in [-0.25, -0.2) is 24.2 Å². The fourth-order valence-electron chi connectivity index (χ4n) is 2.96. The van der Waals surface area contributed by atoms with Crippen molar-refractivity contribution in [3.8, 4) is 0 Å². The molecule has 16 heteroatoms. The van der Waals surface area contributed by atoms with E-state index in [1.165, 1.54) is 12.1 Å². The number of aromatic amines is 1. The smallest absolute Gasteiger partial charge is 0.416 e. The number of nitrogens with zero attached hydrogens (tertiary/aromatic N) is 1. The number of anilines is 1. The fraction of sp³-hybridized carbons (Fsp3) is 0.333. The predicted octanol–water partition coefficient (Wildman–Crippen LogP) is 3.57. The molecule has 0 aliphatic rings. The Hall–Kier alpha value is -4.99. The minimum absolute atomic E-state index is 0.186. The van der Waals surface area contributed by atoms with Crippen LogP contribution in [0.25, 0.3) is 0 Å². The van der Waals surface area contributed by atoms with E-state index < -0.39 is 35.6 Å². The maximum Gasteiger partial charge on any atom is 0.416 e. The number of imidazole rings is 1. The van der Waals surface area contributed by atoms with E-state index in [0.29, 0.717) is 42.5 Å². The Kier molecular flexibility index (Phi) is 18.4. The number of carbonyl (C=O) groups is 5. The molecule has 0 saturated carbocycles. The number of rotatable bonds is 14. The number of unbranched alkanes of at least 4 members (excludes halogenated alkanes) is 1. The van der Waals surface area contributed by atoms with E-state index >= 15 is 0 Å². The Morgan fingerprint density at radius 2 is 1.40 bits per heavy atom. The van der Waals surface area contributed by atoms with Crippen LogP contribution in [-0.4, -0.2) is 72.8 Å². The van der Waals surface area contributed by atoms with Gasteiger partial charge in [-0.15, -0.1) is 0 Å². The lowest BCUT2D eigenvalue weighted by atomic mass is 10.1. The van der Waals surface area contributed by atoms with E-state index in [1.807, 2.05) is 6.20 Å². The third-order valence-electron chi connectivity index (χ3n) is 4.97. The molecule has 1 aromatic heterocycles. The molecule has 236 valence electrons. The van der Waals surface area contributed by atoms with Crippen molar-refractivity contribution in [3.63, 3.8) is 0 Å². The molecule has 0 fully saturated rings. The van der Waals surface area contributed by atoms with Crippen molar-refractivity contribution in [2.45, 2.75) is 51.2 Å². The van der Waals surface area contributed by atoms with Crippen LogP contribution in [0, 0.1) is 0 Å². The maximum atomic E-state index is 12.5. The molecule has 1 heterocycles. The quantitative estimate of drug-likeness (QED) is 0.120. The molecular formula is C27H33F3N4O9. The van der Waals surface area contributed by atoms with Crippen molar-refractivity contribution in [2.24, 2.45) is 0 Å². The number of carbonyl (C=O) groups excluding carboxylic acids is 1. The number of halogens is 3. The van der Waals surface area contributed by atoms with Crippen molar-refractivity contribution in [2.75, 3.05) is 11.9 Å². The molecule has 1 unspecified atom stereocenters. The van der Waals surface area contributed by atoms with Gasteiger partial charge in [0.1, 0.15) is 0 Å². The fourth-order valence-corrected chi connectivity index (χ4v) is 2.96. The van der Waals surface area contributed by atoms with E-state index in [1.54, 1.807) is 6.33 Å². The number of alkyl halides is 3. The lowest BCUT2D eigenvalue weighted by Crippen LogP contribution is -2.28. The average molecular weight is 615 g/mol. The first-order valence-corrected chi connectivity index (χ1v) is 12.6. The molecule has 43 heavy (non-hydrogen) atoms. The molecule has 0 bridgehead atoms. The topological polar surface area (TPSA) is 219 Å². The highest BCUT2D eigenvalue weighted by Crippen LogP contribution is 2.29. The Morgan fingerprint density at radius 1 is 0.884 bits per heavy atom. The largest absolute Gasteiger partial charge is 0.478 e. The standard InChI is InChI=1S/C19H25F3N4O.2C4H4O4/c1-14(24-11-10-17-12-23-13-25-17)4-2-3-5-18(27)26-16-8-6-15(7-9-16)19(20,21)22;2*5-3(6)1-2-4(7)8/h6-9,12-14,24H,2-5,10-11H2,1H3,(H,23,25)(H,26,27);2*1-2H,(H,5,6)(H,7,8). The van der Waals surface area contributed by atoms with Gasteiger partial charge in [-0.05, 0) is 44.0 Å². The zero-order valence-electron chi connectivity index (χ0n) is 23.0. The molecule has 1 amide bonds. The first-order valence-electron chi connectivity index (χ1n) is 12.6. The minimum Gasteiger partial charge on any atom is -0.478 e. The van der Waals surface area contributed by atoms with E-state index in [9.17, 15) is 37.1 Å². The molecule has 0 aliphatic heterocycles. The zero-order valence-corrected chi connectivity index (χ0v) is 23.0. The van der Waals surface area contributed by atoms with Crippen LogP contribution in [0.15, 0.2) is 61.1 Å². The number of aromatic nitrogens is 2. The summed E-state index contributed by atoms with van der Waals surface area (Å²) in [5, 5.41) is 37.3. The lowest BCUT2D eigenvalue weighted by Gasteiger charge is -2.13. The second-order valence-electron chi connectivity index (χ2n) is 8.57. The summed E-state index contributed by atoms with van der Waals surface area (Å²) in [6.45, 7) is 2.97. The van der Waals surface area contributed by atoms with Crippen LogP contribution in [0.2, 0.25) is 0 Å². The summed E-state index contributed by atoms with van der Waals surface area (Å²) in [6.07, 6.45) is 5.16. The van der Waals surface area contributed by atoms with Gasteiger partial charge in [0.2, 0.25) is 5.91 Å². The van der Waals surface area contributed by atoms with Crippen LogP contribution >= 0.6 is 0 Å². The number of aliphatic carboxylic acids is 4. The number of hydrogen-bond donors (Lipinski definition) is 7. The molecule has 0 spiro atoms. The molecule has 13 nitrogen and oxygen atoms in total. The van der Waals surface area contributed by atoms with Crippen molar-refractivity contribution in [3.05, 3.63) is 72.4 Å². The SMILES string of the molecule is CC(CCCCC(=O)Nc1ccc(C(F)(F)F)cc1)NCCc1cnc[nH]1.O=C(O)C=CC(=O)O.O=C(O)C=CC(=O)O. The molecule has 1 aromatic carbocycles. The second-order valence-corrected chi connectivity index (χ2v) is 8.57. The number of H-pyrrole nitrogens is 1. The number of benzene rings is 1. The van der Waals surface area contributed by atoms with Crippen LogP contribution in [0.3, 0.4) is 0 Å². The second kappa shape index (κ2) is 20.8. The van der Waals surface area contributed by atoms with Gasteiger partial charge in [-0.3, -0.25) is 4.79 Å². The van der Waals surface area contributed by atoms with Crippen molar-refractivity contribution in [1.29, 1.82) is 0 Å². The number of nitrogens with one attached hydrogen (secondary N) is 3. The number of carboxylic acid groups (broad SMARTS) is 4. The van der Waals surface area contributed by atoms with Gasteiger partial charge in [-0.2, -0.15) is 13.2 Å². The molecule has 2 rings (SSSR count). The number of amides is 1. The van der Waals surface area contributed by atoms with Gasteiger partial charge < -0.3 is 36.0 Å². The molecule has 0 radical (unpaired) electrons. The Morgan fingerprint density at radius 3 is 1.81 bits per heavy atom. The number of hydrogen-bond acceptors (Lipinski definition) is 7. The molecule has 2 aromatic rings. The van der Waals surface area contributed by atoms with Crippen molar-refractivity contribution in [1.82, 2.24) is 15.3 Å². The van der Waals surface area contributed by atoms with E-state index in [4.69, 9.17) is 20.4 Å². The van der Waals surface area contributed by atoms with Crippen LogP contribution in [0.4, 0.5) is 18.9 Å². The van der Waals surface area contributed by atoms with Crippen LogP contribution in [0.5, 0.6) is 0 Å². The molecule has 7 N–H and O–H groups in total. The van der Waals surface area contributed by atoms with Gasteiger partial charge in [0, 0.05) is 67.3 Å². The minimum atomic E-state index is -4.37. The summed E-state index contributed by atoms with van der Waals surface area (Å²) in [7, 11) is 0. The summed E-state index contributed by atoms with van der Waals surface area (Å²) in [5.74, 6) is -5.21. The van der Waals surface area contributed by atoms with Crippen LogP contribution in [-0.2, 0) is 36.6 Å². The maximum absolute atomic E-state index is 12.5. The van der Waals surface area contributed by atoms with Gasteiger partial charge in [0.25, 0.3) is 0 Å².